The Morgan fingerprint density at radius 2 is 1.46 bits per heavy atom. The standard InChI is InChI=1S/C18H17NO6S/c20-16-10-26(24,25)9-15(16)19-17(21)13-7-3-1-5-11(13)12-6-2-4-8-14(12)18(22)23/h1-8,15-16,20H,9-10H2,(H,19,21)(H,22,23)/t15-,16+/m1/s1. The number of hydrogen-bond acceptors (Lipinski definition) is 5. The molecule has 0 radical (unpaired) electrons. The smallest absolute Gasteiger partial charge is 0.336 e. The first-order valence-electron chi connectivity index (χ1n) is 7.89. The summed E-state index contributed by atoms with van der Waals surface area (Å²) in [4.78, 5) is 24.1. The second kappa shape index (κ2) is 6.89. The lowest BCUT2D eigenvalue weighted by Crippen LogP contribution is -2.42. The van der Waals surface area contributed by atoms with E-state index >= 15 is 0 Å². The first kappa shape index (κ1) is 18.1. The van der Waals surface area contributed by atoms with Crippen LogP contribution in [0, 0.1) is 0 Å². The maximum atomic E-state index is 12.7. The van der Waals surface area contributed by atoms with Gasteiger partial charge in [-0.15, -0.1) is 0 Å². The van der Waals surface area contributed by atoms with Crippen molar-refractivity contribution < 1.29 is 28.2 Å². The molecule has 1 aliphatic rings. The highest BCUT2D eigenvalue weighted by Crippen LogP contribution is 2.27. The molecule has 136 valence electrons. The molecule has 0 saturated carbocycles. The molecule has 0 aliphatic carbocycles. The van der Waals surface area contributed by atoms with Crippen LogP contribution >= 0.6 is 0 Å². The number of aliphatic hydroxyl groups is 1. The zero-order valence-corrected chi connectivity index (χ0v) is 14.4. The maximum absolute atomic E-state index is 12.7. The largest absolute Gasteiger partial charge is 0.478 e. The third-order valence-corrected chi connectivity index (χ3v) is 5.97. The predicted octanol–water partition coefficient (Wildman–Crippen LogP) is 0.939. The molecular formula is C18H17NO6S. The van der Waals surface area contributed by atoms with Gasteiger partial charge in [0.15, 0.2) is 9.84 Å². The number of aliphatic hydroxyl groups excluding tert-OH is 1. The van der Waals surface area contributed by atoms with E-state index in [1.54, 1.807) is 36.4 Å². The minimum absolute atomic E-state index is 0.0521. The first-order chi connectivity index (χ1) is 12.3. The van der Waals surface area contributed by atoms with Crippen molar-refractivity contribution in [1.82, 2.24) is 5.32 Å². The molecule has 0 bridgehead atoms. The number of amides is 1. The summed E-state index contributed by atoms with van der Waals surface area (Å²) >= 11 is 0. The van der Waals surface area contributed by atoms with Crippen LogP contribution in [0.1, 0.15) is 20.7 Å². The normalized spacial score (nSPS) is 21.3. The monoisotopic (exact) mass is 375 g/mol. The average Bonchev–Trinajstić information content (AvgIpc) is 2.86. The highest BCUT2D eigenvalue weighted by Gasteiger charge is 2.37. The molecule has 3 N–H and O–H groups in total. The zero-order valence-electron chi connectivity index (χ0n) is 13.6. The Labute approximate surface area is 150 Å². The van der Waals surface area contributed by atoms with Gasteiger partial charge in [0, 0.05) is 5.56 Å². The van der Waals surface area contributed by atoms with Gasteiger partial charge in [-0.1, -0.05) is 36.4 Å². The van der Waals surface area contributed by atoms with Gasteiger partial charge in [-0.2, -0.15) is 0 Å². The van der Waals surface area contributed by atoms with Crippen LogP contribution < -0.4 is 5.32 Å². The lowest BCUT2D eigenvalue weighted by Gasteiger charge is -2.17. The molecule has 0 spiro atoms. The van der Waals surface area contributed by atoms with E-state index in [0.717, 1.165) is 0 Å². The van der Waals surface area contributed by atoms with E-state index in [4.69, 9.17) is 0 Å². The minimum atomic E-state index is -3.40. The molecule has 1 heterocycles. The number of aromatic carboxylic acids is 1. The molecular weight excluding hydrogens is 358 g/mol. The predicted molar refractivity (Wildman–Crippen MR) is 94.8 cm³/mol. The van der Waals surface area contributed by atoms with Crippen molar-refractivity contribution in [2.75, 3.05) is 11.5 Å². The Kier molecular flexibility index (Phi) is 4.80. The van der Waals surface area contributed by atoms with Crippen LogP contribution in [0.5, 0.6) is 0 Å². The van der Waals surface area contributed by atoms with Crippen molar-refractivity contribution in [1.29, 1.82) is 0 Å². The fourth-order valence-electron chi connectivity index (χ4n) is 3.03. The molecule has 1 aliphatic heterocycles. The number of benzene rings is 2. The Bertz CT molecular complexity index is 969. The van der Waals surface area contributed by atoms with Crippen molar-refractivity contribution in [2.24, 2.45) is 0 Å². The lowest BCUT2D eigenvalue weighted by atomic mass is 9.95. The number of sulfone groups is 1. The van der Waals surface area contributed by atoms with E-state index < -0.39 is 33.9 Å². The van der Waals surface area contributed by atoms with Crippen LogP contribution in [0.4, 0.5) is 0 Å². The van der Waals surface area contributed by atoms with Crippen molar-refractivity contribution in [3.05, 3.63) is 59.7 Å². The van der Waals surface area contributed by atoms with E-state index in [1.807, 2.05) is 0 Å². The van der Waals surface area contributed by atoms with Crippen LogP contribution in [-0.4, -0.2) is 54.2 Å². The molecule has 1 saturated heterocycles. The molecule has 0 unspecified atom stereocenters. The number of carboxylic acids is 1. The fraction of sp³-hybridized carbons (Fsp3) is 0.222. The highest BCUT2D eigenvalue weighted by molar-refractivity contribution is 7.91. The number of nitrogens with one attached hydrogen (secondary N) is 1. The van der Waals surface area contributed by atoms with Crippen molar-refractivity contribution in [2.45, 2.75) is 12.1 Å². The first-order valence-corrected chi connectivity index (χ1v) is 9.72. The van der Waals surface area contributed by atoms with Crippen molar-refractivity contribution >= 4 is 21.7 Å². The third-order valence-electron chi connectivity index (χ3n) is 4.26. The lowest BCUT2D eigenvalue weighted by molar-refractivity contribution is 0.0697. The number of rotatable bonds is 4. The quantitative estimate of drug-likeness (QED) is 0.731. The van der Waals surface area contributed by atoms with Gasteiger partial charge in [0.1, 0.15) is 0 Å². The van der Waals surface area contributed by atoms with Gasteiger partial charge in [0.05, 0.1) is 29.2 Å². The molecule has 8 heteroatoms. The number of carboxylic acid groups (broad SMARTS) is 1. The molecule has 0 aromatic heterocycles. The average molecular weight is 375 g/mol. The molecule has 2 aromatic rings. The molecule has 7 nitrogen and oxygen atoms in total. The summed E-state index contributed by atoms with van der Waals surface area (Å²) in [6.07, 6.45) is -1.16. The fourth-order valence-corrected chi connectivity index (χ4v) is 4.77. The van der Waals surface area contributed by atoms with E-state index in [0.29, 0.717) is 11.1 Å². The summed E-state index contributed by atoms with van der Waals surface area (Å²) in [6, 6.07) is 11.9. The van der Waals surface area contributed by atoms with Crippen LogP contribution in [0.25, 0.3) is 11.1 Å². The minimum Gasteiger partial charge on any atom is -0.478 e. The summed E-state index contributed by atoms with van der Waals surface area (Å²) in [5, 5.41) is 21.8. The summed E-state index contributed by atoms with van der Waals surface area (Å²) in [6.45, 7) is 0. The second-order valence-corrected chi connectivity index (χ2v) is 8.27. The van der Waals surface area contributed by atoms with Gasteiger partial charge in [-0.25, -0.2) is 13.2 Å². The molecule has 26 heavy (non-hydrogen) atoms. The molecule has 1 fully saturated rings. The Balaban J connectivity index is 1.96. The van der Waals surface area contributed by atoms with Gasteiger partial charge in [0.25, 0.3) is 5.91 Å². The van der Waals surface area contributed by atoms with Crippen molar-refractivity contribution in [3.8, 4) is 11.1 Å². The van der Waals surface area contributed by atoms with E-state index in [-0.39, 0.29) is 22.6 Å². The van der Waals surface area contributed by atoms with E-state index in [9.17, 15) is 28.2 Å². The van der Waals surface area contributed by atoms with Gasteiger partial charge in [0.2, 0.25) is 0 Å². The molecule has 2 atom stereocenters. The molecule has 2 aromatic carbocycles. The summed E-state index contributed by atoms with van der Waals surface area (Å²) in [5.74, 6) is -2.40. The van der Waals surface area contributed by atoms with Crippen LogP contribution in [0.3, 0.4) is 0 Å². The summed E-state index contributed by atoms with van der Waals surface area (Å²) < 4.78 is 23.2. The highest BCUT2D eigenvalue weighted by atomic mass is 32.2. The zero-order chi connectivity index (χ0) is 18.9. The second-order valence-electron chi connectivity index (χ2n) is 6.12. The van der Waals surface area contributed by atoms with Crippen molar-refractivity contribution in [3.63, 3.8) is 0 Å². The van der Waals surface area contributed by atoms with Crippen LogP contribution in [0.2, 0.25) is 0 Å². The third kappa shape index (κ3) is 3.61. The van der Waals surface area contributed by atoms with Crippen LogP contribution in [-0.2, 0) is 9.84 Å². The summed E-state index contributed by atoms with van der Waals surface area (Å²) in [5.41, 5.74) is 1.05. The number of carbonyl (C=O) groups excluding carboxylic acids is 1. The van der Waals surface area contributed by atoms with Gasteiger partial charge >= 0.3 is 5.97 Å². The number of carbonyl (C=O) groups is 2. The Morgan fingerprint density at radius 1 is 0.923 bits per heavy atom. The van der Waals surface area contributed by atoms with Gasteiger partial charge in [-0.3, -0.25) is 4.79 Å². The Morgan fingerprint density at radius 3 is 2.00 bits per heavy atom. The summed E-state index contributed by atoms with van der Waals surface area (Å²) in [7, 11) is -3.40. The van der Waals surface area contributed by atoms with E-state index in [1.165, 1.54) is 12.1 Å². The number of hydrogen-bond donors (Lipinski definition) is 3. The van der Waals surface area contributed by atoms with Crippen LogP contribution in [0.15, 0.2) is 48.5 Å². The van der Waals surface area contributed by atoms with Gasteiger partial charge < -0.3 is 15.5 Å². The Hall–Kier alpha value is -2.71. The topological polar surface area (TPSA) is 121 Å². The van der Waals surface area contributed by atoms with Gasteiger partial charge in [-0.05, 0) is 23.3 Å². The maximum Gasteiger partial charge on any atom is 0.336 e. The van der Waals surface area contributed by atoms with E-state index in [2.05, 4.69) is 5.32 Å². The molecule has 3 rings (SSSR count). The molecule has 1 amide bonds. The SMILES string of the molecule is O=C(O)c1ccccc1-c1ccccc1C(=O)N[C@@H]1CS(=O)(=O)C[C@@H]1O.